The van der Waals surface area contributed by atoms with E-state index < -0.39 is 0 Å². The van der Waals surface area contributed by atoms with Crippen molar-refractivity contribution in [3.05, 3.63) is 48.0 Å². The maximum atomic E-state index is 12.2. The topological polar surface area (TPSA) is 55.8 Å². The second-order valence-corrected chi connectivity index (χ2v) is 5.52. The van der Waals surface area contributed by atoms with Crippen molar-refractivity contribution in [3.8, 4) is 0 Å². The van der Waals surface area contributed by atoms with Crippen LogP contribution in [0.5, 0.6) is 0 Å². The Kier molecular flexibility index (Phi) is 6.66. The number of carbonyl (C=O) groups is 2. The van der Waals surface area contributed by atoms with Gasteiger partial charge in [0.15, 0.2) is 0 Å². The number of methoxy groups -OCH3 is 1. The Morgan fingerprint density at radius 2 is 2.04 bits per heavy atom. The molecule has 1 fully saturated rings. The summed E-state index contributed by atoms with van der Waals surface area (Å²) in [6.07, 6.45) is 6.40. The molecule has 1 aliphatic rings. The lowest BCUT2D eigenvalue weighted by Gasteiger charge is -2.23. The first kappa shape index (κ1) is 17.1. The molecule has 1 aliphatic heterocycles. The molecule has 0 saturated carbocycles. The third kappa shape index (κ3) is 5.43. The van der Waals surface area contributed by atoms with Crippen molar-refractivity contribution in [1.82, 2.24) is 4.90 Å². The largest absolute Gasteiger partial charge is 0.469 e. The third-order valence-electron chi connectivity index (χ3n) is 3.90. The van der Waals surface area contributed by atoms with Crippen molar-refractivity contribution in [2.75, 3.05) is 13.7 Å². The predicted octanol–water partition coefficient (Wildman–Crippen LogP) is 3.30. The van der Waals surface area contributed by atoms with Gasteiger partial charge in [-0.25, -0.2) is 4.79 Å². The Bertz CT molecular complexity index is 541. The van der Waals surface area contributed by atoms with E-state index in [0.29, 0.717) is 6.61 Å². The molecular weight excluding hydrogens is 294 g/mol. The van der Waals surface area contributed by atoms with E-state index >= 15 is 0 Å². The molecule has 1 heterocycles. The quantitative estimate of drug-likeness (QED) is 0.597. The summed E-state index contributed by atoms with van der Waals surface area (Å²) in [5.74, 6) is -0.258. The fourth-order valence-corrected chi connectivity index (χ4v) is 2.64. The molecule has 23 heavy (non-hydrogen) atoms. The molecule has 124 valence electrons. The van der Waals surface area contributed by atoms with Crippen LogP contribution < -0.4 is 0 Å². The zero-order valence-corrected chi connectivity index (χ0v) is 13.4. The van der Waals surface area contributed by atoms with Crippen LogP contribution in [0, 0.1) is 0 Å². The van der Waals surface area contributed by atoms with Gasteiger partial charge < -0.3 is 14.4 Å². The first-order chi connectivity index (χ1) is 11.2. The summed E-state index contributed by atoms with van der Waals surface area (Å²) < 4.78 is 9.97. The Morgan fingerprint density at radius 3 is 2.78 bits per heavy atom. The Balaban J connectivity index is 1.78. The van der Waals surface area contributed by atoms with E-state index in [1.807, 2.05) is 36.4 Å². The van der Waals surface area contributed by atoms with Crippen LogP contribution in [-0.2, 0) is 20.9 Å². The molecule has 1 unspecified atom stereocenters. The second kappa shape index (κ2) is 8.98. The van der Waals surface area contributed by atoms with Crippen molar-refractivity contribution in [3.63, 3.8) is 0 Å². The van der Waals surface area contributed by atoms with Crippen molar-refractivity contribution in [2.24, 2.45) is 0 Å². The van der Waals surface area contributed by atoms with Crippen LogP contribution in [0.15, 0.2) is 42.5 Å². The second-order valence-electron chi connectivity index (χ2n) is 5.52. The lowest BCUT2D eigenvalue weighted by atomic mass is 10.1. The summed E-state index contributed by atoms with van der Waals surface area (Å²) in [5, 5.41) is 0. The zero-order valence-electron chi connectivity index (χ0n) is 13.4. The average Bonchev–Trinajstić information content (AvgIpc) is 3.06. The number of benzene rings is 1. The highest BCUT2D eigenvalue weighted by molar-refractivity contribution is 5.71. The fourth-order valence-electron chi connectivity index (χ4n) is 2.64. The van der Waals surface area contributed by atoms with Crippen molar-refractivity contribution in [2.45, 2.75) is 38.3 Å². The molecule has 0 radical (unpaired) electrons. The van der Waals surface area contributed by atoms with Crippen LogP contribution in [0.25, 0.3) is 0 Å². The summed E-state index contributed by atoms with van der Waals surface area (Å²) in [4.78, 5) is 25.0. The van der Waals surface area contributed by atoms with Crippen LogP contribution in [0.4, 0.5) is 4.79 Å². The minimum absolute atomic E-state index is 0.146. The number of carbonyl (C=O) groups excluding carboxylic acids is 2. The molecular formula is C18H23NO4. The molecule has 0 spiro atoms. The molecule has 5 heteroatoms. The molecule has 1 aromatic rings. The number of amides is 1. The van der Waals surface area contributed by atoms with Gasteiger partial charge in [-0.05, 0) is 24.8 Å². The molecule has 5 nitrogen and oxygen atoms in total. The van der Waals surface area contributed by atoms with Crippen LogP contribution in [0.3, 0.4) is 0 Å². The Hall–Kier alpha value is -2.30. The first-order valence-corrected chi connectivity index (χ1v) is 7.90. The minimum Gasteiger partial charge on any atom is -0.469 e. The normalized spacial score (nSPS) is 17.4. The maximum absolute atomic E-state index is 12.2. The van der Waals surface area contributed by atoms with Crippen LogP contribution >= 0.6 is 0 Å². The van der Waals surface area contributed by atoms with E-state index in [4.69, 9.17) is 4.74 Å². The molecule has 1 saturated heterocycles. The van der Waals surface area contributed by atoms with Gasteiger partial charge >= 0.3 is 12.1 Å². The number of esters is 1. The zero-order chi connectivity index (χ0) is 16.5. The standard InChI is InChI=1S/C18H23NO4/c1-22-17(20)12-6-5-10-16-11-7-13-19(16)18(21)23-14-15-8-3-2-4-9-15/h2-6,8-9,16H,7,10-14H2,1H3/b6-5+. The maximum Gasteiger partial charge on any atom is 0.410 e. The molecule has 1 atom stereocenters. The van der Waals surface area contributed by atoms with E-state index in [0.717, 1.165) is 31.4 Å². The van der Waals surface area contributed by atoms with E-state index in [1.165, 1.54) is 7.11 Å². The van der Waals surface area contributed by atoms with Gasteiger partial charge in [0.2, 0.25) is 0 Å². The van der Waals surface area contributed by atoms with Crippen molar-refractivity contribution >= 4 is 12.1 Å². The monoisotopic (exact) mass is 317 g/mol. The van der Waals surface area contributed by atoms with Gasteiger partial charge in [0, 0.05) is 12.6 Å². The van der Waals surface area contributed by atoms with Crippen LogP contribution in [0.1, 0.15) is 31.2 Å². The number of rotatable bonds is 6. The van der Waals surface area contributed by atoms with Gasteiger partial charge in [0.1, 0.15) is 6.61 Å². The minimum atomic E-state index is -0.266. The SMILES string of the molecule is COC(=O)C/C=C/CC1CCCN1C(=O)OCc1ccccc1. The van der Waals surface area contributed by atoms with E-state index in [1.54, 1.807) is 11.0 Å². The van der Waals surface area contributed by atoms with Gasteiger partial charge in [-0.15, -0.1) is 0 Å². The number of hydrogen-bond acceptors (Lipinski definition) is 4. The van der Waals surface area contributed by atoms with Crippen LogP contribution in [0.2, 0.25) is 0 Å². The number of nitrogens with zero attached hydrogens (tertiary/aromatic N) is 1. The molecule has 0 aromatic heterocycles. The predicted molar refractivity (Wildman–Crippen MR) is 86.7 cm³/mol. The van der Waals surface area contributed by atoms with E-state index in [2.05, 4.69) is 4.74 Å². The number of ether oxygens (including phenoxy) is 2. The number of likely N-dealkylation sites (tertiary alicyclic amines) is 1. The van der Waals surface area contributed by atoms with Gasteiger partial charge in [-0.3, -0.25) is 4.79 Å². The van der Waals surface area contributed by atoms with Gasteiger partial charge in [0.25, 0.3) is 0 Å². The fraction of sp³-hybridized carbons (Fsp3) is 0.444. The first-order valence-electron chi connectivity index (χ1n) is 7.90. The Morgan fingerprint density at radius 1 is 1.26 bits per heavy atom. The van der Waals surface area contributed by atoms with Gasteiger partial charge in [0.05, 0.1) is 13.5 Å². The van der Waals surface area contributed by atoms with Crippen molar-refractivity contribution < 1.29 is 19.1 Å². The summed E-state index contributed by atoms with van der Waals surface area (Å²) in [6.45, 7) is 1.02. The van der Waals surface area contributed by atoms with Gasteiger partial charge in [-0.1, -0.05) is 42.5 Å². The summed E-state index contributed by atoms with van der Waals surface area (Å²) in [5.41, 5.74) is 0.981. The molecule has 2 rings (SSSR count). The summed E-state index contributed by atoms with van der Waals surface area (Å²) >= 11 is 0. The smallest absolute Gasteiger partial charge is 0.410 e. The van der Waals surface area contributed by atoms with E-state index in [-0.39, 0.29) is 24.5 Å². The van der Waals surface area contributed by atoms with Gasteiger partial charge in [-0.2, -0.15) is 0 Å². The lowest BCUT2D eigenvalue weighted by molar-refractivity contribution is -0.139. The lowest BCUT2D eigenvalue weighted by Crippen LogP contribution is -2.35. The average molecular weight is 317 g/mol. The van der Waals surface area contributed by atoms with Crippen LogP contribution in [-0.4, -0.2) is 36.7 Å². The van der Waals surface area contributed by atoms with E-state index in [9.17, 15) is 9.59 Å². The highest BCUT2D eigenvalue weighted by atomic mass is 16.6. The summed E-state index contributed by atoms with van der Waals surface area (Å²) in [7, 11) is 1.37. The highest BCUT2D eigenvalue weighted by Crippen LogP contribution is 2.22. The highest BCUT2D eigenvalue weighted by Gasteiger charge is 2.28. The molecule has 1 aromatic carbocycles. The molecule has 0 N–H and O–H groups in total. The third-order valence-corrected chi connectivity index (χ3v) is 3.90. The Labute approximate surface area is 136 Å². The summed E-state index contributed by atoms with van der Waals surface area (Å²) in [6, 6.07) is 9.80. The molecule has 0 bridgehead atoms. The number of hydrogen-bond donors (Lipinski definition) is 0. The van der Waals surface area contributed by atoms with Crippen molar-refractivity contribution in [1.29, 1.82) is 0 Å². The molecule has 1 amide bonds. The molecule has 0 aliphatic carbocycles.